The molecule has 1 saturated heterocycles. The number of nitrogens with zero attached hydrogens (tertiary/aromatic N) is 1. The molecule has 5 nitrogen and oxygen atoms in total. The molecule has 0 radical (unpaired) electrons. The SMILES string of the molecule is CC1CCN(C(=O)C2(NC(=O)NCc3ccccc3)CCCC2)CC1. The Balaban J connectivity index is 1.60. The fourth-order valence-electron chi connectivity index (χ4n) is 3.92. The smallest absolute Gasteiger partial charge is 0.315 e. The first-order valence-corrected chi connectivity index (χ1v) is 9.48. The summed E-state index contributed by atoms with van der Waals surface area (Å²) in [5, 5.41) is 5.92. The molecule has 1 aromatic rings. The van der Waals surface area contributed by atoms with Gasteiger partial charge in [0, 0.05) is 19.6 Å². The minimum atomic E-state index is -0.707. The maximum atomic E-state index is 13.1. The summed E-state index contributed by atoms with van der Waals surface area (Å²) in [4.78, 5) is 27.5. The number of urea groups is 1. The van der Waals surface area contributed by atoms with Gasteiger partial charge in [-0.05, 0) is 37.2 Å². The van der Waals surface area contributed by atoms with Gasteiger partial charge in [0.2, 0.25) is 5.91 Å². The number of carbonyl (C=O) groups excluding carboxylic acids is 2. The Morgan fingerprint density at radius 3 is 2.40 bits per heavy atom. The molecule has 1 saturated carbocycles. The number of rotatable bonds is 4. The maximum Gasteiger partial charge on any atom is 0.315 e. The zero-order valence-corrected chi connectivity index (χ0v) is 15.1. The van der Waals surface area contributed by atoms with Gasteiger partial charge in [-0.1, -0.05) is 50.1 Å². The molecule has 0 unspecified atom stereocenters. The highest BCUT2D eigenvalue weighted by molar-refractivity contribution is 5.91. The highest BCUT2D eigenvalue weighted by Gasteiger charge is 2.45. The molecule has 2 N–H and O–H groups in total. The van der Waals surface area contributed by atoms with E-state index >= 15 is 0 Å². The second kappa shape index (κ2) is 7.89. The van der Waals surface area contributed by atoms with Crippen molar-refractivity contribution in [3.8, 4) is 0 Å². The first-order chi connectivity index (χ1) is 12.1. The average molecular weight is 343 g/mol. The summed E-state index contributed by atoms with van der Waals surface area (Å²) in [5.41, 5.74) is 0.343. The largest absolute Gasteiger partial charge is 0.341 e. The van der Waals surface area contributed by atoms with E-state index in [4.69, 9.17) is 0 Å². The van der Waals surface area contributed by atoms with Crippen LogP contribution in [0.3, 0.4) is 0 Å². The molecule has 136 valence electrons. The second-order valence-corrected chi connectivity index (χ2v) is 7.56. The first kappa shape index (κ1) is 17.8. The van der Waals surface area contributed by atoms with Crippen LogP contribution in [0.25, 0.3) is 0 Å². The molecule has 1 aromatic carbocycles. The molecule has 3 rings (SSSR count). The molecule has 3 amide bonds. The molecule has 25 heavy (non-hydrogen) atoms. The van der Waals surface area contributed by atoms with Crippen molar-refractivity contribution in [3.05, 3.63) is 35.9 Å². The predicted molar refractivity (Wildman–Crippen MR) is 98.0 cm³/mol. The molecule has 2 fully saturated rings. The van der Waals surface area contributed by atoms with E-state index < -0.39 is 5.54 Å². The molecule has 5 heteroatoms. The van der Waals surface area contributed by atoms with Gasteiger partial charge < -0.3 is 15.5 Å². The molecule has 2 aliphatic rings. The summed E-state index contributed by atoms with van der Waals surface area (Å²) in [6.07, 6.45) is 5.60. The molecular weight excluding hydrogens is 314 g/mol. The highest BCUT2D eigenvalue weighted by atomic mass is 16.2. The van der Waals surface area contributed by atoms with Crippen molar-refractivity contribution < 1.29 is 9.59 Å². The van der Waals surface area contributed by atoms with E-state index in [2.05, 4.69) is 17.6 Å². The van der Waals surface area contributed by atoms with Crippen LogP contribution < -0.4 is 10.6 Å². The van der Waals surface area contributed by atoms with Crippen LogP contribution in [0.1, 0.15) is 51.0 Å². The highest BCUT2D eigenvalue weighted by Crippen LogP contribution is 2.32. The Labute approximate surface area is 150 Å². The lowest BCUT2D eigenvalue weighted by Gasteiger charge is -2.38. The number of hydrogen-bond donors (Lipinski definition) is 2. The van der Waals surface area contributed by atoms with Crippen LogP contribution in [-0.4, -0.2) is 35.5 Å². The van der Waals surface area contributed by atoms with Crippen LogP contribution in [0.2, 0.25) is 0 Å². The summed E-state index contributed by atoms with van der Waals surface area (Å²) < 4.78 is 0. The predicted octanol–water partition coefficient (Wildman–Crippen LogP) is 3.06. The van der Waals surface area contributed by atoms with Gasteiger partial charge >= 0.3 is 6.03 Å². The van der Waals surface area contributed by atoms with E-state index in [9.17, 15) is 9.59 Å². The number of amides is 3. The normalized spacial score (nSPS) is 20.3. The molecule has 1 heterocycles. The fraction of sp³-hybridized carbons (Fsp3) is 0.600. The molecular formula is C20H29N3O2. The van der Waals surface area contributed by atoms with Crippen molar-refractivity contribution in [1.82, 2.24) is 15.5 Å². The summed E-state index contributed by atoms with van der Waals surface area (Å²) in [7, 11) is 0. The van der Waals surface area contributed by atoms with E-state index in [0.29, 0.717) is 12.5 Å². The van der Waals surface area contributed by atoms with Crippen molar-refractivity contribution in [2.24, 2.45) is 5.92 Å². The van der Waals surface area contributed by atoms with Gasteiger partial charge in [0.15, 0.2) is 0 Å². The maximum absolute atomic E-state index is 13.1. The number of nitrogens with one attached hydrogen (secondary N) is 2. The summed E-state index contributed by atoms with van der Waals surface area (Å²) in [6, 6.07) is 9.57. The second-order valence-electron chi connectivity index (χ2n) is 7.56. The Bertz CT molecular complexity index is 588. The summed E-state index contributed by atoms with van der Waals surface area (Å²) in [6.45, 7) is 4.34. The van der Waals surface area contributed by atoms with Crippen LogP contribution in [-0.2, 0) is 11.3 Å². The van der Waals surface area contributed by atoms with E-state index in [-0.39, 0.29) is 11.9 Å². The van der Waals surface area contributed by atoms with Crippen LogP contribution in [0.15, 0.2) is 30.3 Å². The third-order valence-corrected chi connectivity index (χ3v) is 5.59. The first-order valence-electron chi connectivity index (χ1n) is 9.48. The Kier molecular flexibility index (Phi) is 5.61. The van der Waals surface area contributed by atoms with Gasteiger partial charge in [0.05, 0.1) is 0 Å². The van der Waals surface area contributed by atoms with Crippen molar-refractivity contribution >= 4 is 11.9 Å². The van der Waals surface area contributed by atoms with Crippen LogP contribution in [0.4, 0.5) is 4.79 Å². The Morgan fingerprint density at radius 1 is 1.12 bits per heavy atom. The lowest BCUT2D eigenvalue weighted by molar-refractivity contribution is -0.139. The summed E-state index contributed by atoms with van der Waals surface area (Å²) >= 11 is 0. The average Bonchev–Trinajstić information content (AvgIpc) is 3.10. The third kappa shape index (κ3) is 4.33. The topological polar surface area (TPSA) is 61.4 Å². The Hall–Kier alpha value is -2.04. The quantitative estimate of drug-likeness (QED) is 0.883. The number of hydrogen-bond acceptors (Lipinski definition) is 2. The van der Waals surface area contributed by atoms with Crippen LogP contribution in [0.5, 0.6) is 0 Å². The number of likely N-dealkylation sites (tertiary alicyclic amines) is 1. The molecule has 0 spiro atoms. The fourth-order valence-corrected chi connectivity index (χ4v) is 3.92. The van der Waals surface area contributed by atoms with Gasteiger partial charge in [-0.2, -0.15) is 0 Å². The van der Waals surface area contributed by atoms with E-state index in [0.717, 1.165) is 57.2 Å². The molecule has 0 aromatic heterocycles. The van der Waals surface area contributed by atoms with Gasteiger partial charge in [0.1, 0.15) is 5.54 Å². The third-order valence-electron chi connectivity index (χ3n) is 5.59. The molecule has 0 atom stereocenters. The minimum Gasteiger partial charge on any atom is -0.341 e. The number of benzene rings is 1. The van der Waals surface area contributed by atoms with Crippen molar-refractivity contribution in [2.45, 2.75) is 57.5 Å². The van der Waals surface area contributed by atoms with E-state index in [1.54, 1.807) is 0 Å². The van der Waals surface area contributed by atoms with Gasteiger partial charge in [0.25, 0.3) is 0 Å². The summed E-state index contributed by atoms with van der Waals surface area (Å²) in [5.74, 6) is 0.803. The van der Waals surface area contributed by atoms with Crippen molar-refractivity contribution in [3.63, 3.8) is 0 Å². The van der Waals surface area contributed by atoms with E-state index in [1.165, 1.54) is 0 Å². The monoisotopic (exact) mass is 343 g/mol. The zero-order valence-electron chi connectivity index (χ0n) is 15.1. The number of carbonyl (C=O) groups is 2. The van der Waals surface area contributed by atoms with Gasteiger partial charge in [-0.3, -0.25) is 4.79 Å². The zero-order chi connectivity index (χ0) is 17.7. The van der Waals surface area contributed by atoms with Crippen molar-refractivity contribution in [2.75, 3.05) is 13.1 Å². The lowest BCUT2D eigenvalue weighted by Crippen LogP contribution is -2.60. The molecule has 0 bridgehead atoms. The lowest BCUT2D eigenvalue weighted by atomic mass is 9.92. The van der Waals surface area contributed by atoms with Crippen LogP contribution >= 0.6 is 0 Å². The minimum absolute atomic E-state index is 0.117. The van der Waals surface area contributed by atoms with Gasteiger partial charge in [-0.15, -0.1) is 0 Å². The van der Waals surface area contributed by atoms with E-state index in [1.807, 2.05) is 35.2 Å². The number of piperidine rings is 1. The Morgan fingerprint density at radius 2 is 1.76 bits per heavy atom. The standard InChI is InChI=1S/C20H29N3O2/c1-16-9-13-23(14-10-16)18(24)20(11-5-6-12-20)22-19(25)21-15-17-7-3-2-4-8-17/h2-4,7-8,16H,5-6,9-15H2,1H3,(H2,21,22,25). The van der Waals surface area contributed by atoms with Crippen molar-refractivity contribution in [1.29, 1.82) is 0 Å². The van der Waals surface area contributed by atoms with Gasteiger partial charge in [-0.25, -0.2) is 4.79 Å². The molecule has 1 aliphatic heterocycles. The molecule has 1 aliphatic carbocycles. The van der Waals surface area contributed by atoms with Crippen LogP contribution in [0, 0.1) is 5.92 Å².